The van der Waals surface area contributed by atoms with Gasteiger partial charge >= 0.3 is 5.97 Å². The molecule has 1 aromatic carbocycles. The van der Waals surface area contributed by atoms with Gasteiger partial charge in [-0.2, -0.15) is 0 Å². The monoisotopic (exact) mass is 271 g/mol. The van der Waals surface area contributed by atoms with Gasteiger partial charge in [0.05, 0.1) is 18.9 Å². The molecule has 4 nitrogen and oxygen atoms in total. The zero-order valence-corrected chi connectivity index (χ0v) is 11.3. The Hall–Kier alpha value is -2.10. The van der Waals surface area contributed by atoms with E-state index in [0.29, 0.717) is 0 Å². The molecule has 0 radical (unpaired) electrons. The van der Waals surface area contributed by atoms with Gasteiger partial charge in [0, 0.05) is 5.69 Å². The third-order valence-electron chi connectivity index (χ3n) is 4.28. The molecule has 2 aliphatic carbocycles. The number of allylic oxidation sites excluding steroid dienone is 2. The van der Waals surface area contributed by atoms with Gasteiger partial charge in [-0.15, -0.1) is 0 Å². The summed E-state index contributed by atoms with van der Waals surface area (Å²) in [4.78, 5) is 24.4. The Bertz CT molecular complexity index is 552. The summed E-state index contributed by atoms with van der Waals surface area (Å²) < 4.78 is 4.86. The predicted molar refractivity (Wildman–Crippen MR) is 74.8 cm³/mol. The van der Waals surface area contributed by atoms with Crippen molar-refractivity contribution in [3.8, 4) is 0 Å². The van der Waals surface area contributed by atoms with Gasteiger partial charge in [-0.25, -0.2) is 0 Å². The van der Waals surface area contributed by atoms with Gasteiger partial charge in [-0.3, -0.25) is 9.59 Å². The van der Waals surface area contributed by atoms with Crippen molar-refractivity contribution in [2.75, 3.05) is 12.4 Å². The van der Waals surface area contributed by atoms with E-state index in [2.05, 4.69) is 11.4 Å². The summed E-state index contributed by atoms with van der Waals surface area (Å²) in [7, 11) is 1.38. The number of methoxy groups -OCH3 is 1. The first kappa shape index (κ1) is 12.9. The van der Waals surface area contributed by atoms with Crippen LogP contribution in [0.3, 0.4) is 0 Å². The second-order valence-electron chi connectivity index (χ2n) is 5.38. The highest BCUT2D eigenvalue weighted by atomic mass is 16.5. The number of esters is 1. The van der Waals surface area contributed by atoms with Gasteiger partial charge in [-0.05, 0) is 30.4 Å². The van der Waals surface area contributed by atoms with Crippen molar-refractivity contribution >= 4 is 17.6 Å². The Morgan fingerprint density at radius 2 is 1.75 bits per heavy atom. The van der Waals surface area contributed by atoms with Crippen molar-refractivity contribution in [3.05, 3.63) is 42.5 Å². The number of anilines is 1. The van der Waals surface area contributed by atoms with Crippen LogP contribution in [0.5, 0.6) is 0 Å². The quantitative estimate of drug-likeness (QED) is 0.677. The minimum absolute atomic E-state index is 0.0940. The maximum absolute atomic E-state index is 12.5. The summed E-state index contributed by atoms with van der Waals surface area (Å²) in [6, 6.07) is 9.32. The van der Waals surface area contributed by atoms with E-state index in [9.17, 15) is 9.59 Å². The second-order valence-corrected chi connectivity index (χ2v) is 5.38. The smallest absolute Gasteiger partial charge is 0.310 e. The molecule has 4 atom stereocenters. The molecule has 0 unspecified atom stereocenters. The number of hydrogen-bond donors (Lipinski definition) is 1. The molecule has 20 heavy (non-hydrogen) atoms. The van der Waals surface area contributed by atoms with Gasteiger partial charge in [0.1, 0.15) is 0 Å². The van der Waals surface area contributed by atoms with E-state index in [-0.39, 0.29) is 35.5 Å². The molecule has 1 fully saturated rings. The minimum Gasteiger partial charge on any atom is -0.469 e. The van der Waals surface area contributed by atoms with Crippen LogP contribution in [0.15, 0.2) is 42.5 Å². The molecule has 1 N–H and O–H groups in total. The minimum atomic E-state index is -0.348. The first-order chi connectivity index (χ1) is 9.70. The SMILES string of the molecule is COC(=O)[C@H]1[C@@H](C(=O)Nc2ccccc2)[C@H]2C=C[C@H]1C2. The molecular formula is C16H17NO3. The Morgan fingerprint density at radius 3 is 2.40 bits per heavy atom. The number of hydrogen-bond acceptors (Lipinski definition) is 3. The molecule has 104 valence electrons. The molecule has 2 bridgehead atoms. The lowest BCUT2D eigenvalue weighted by Gasteiger charge is -2.25. The lowest BCUT2D eigenvalue weighted by Crippen LogP contribution is -2.37. The molecule has 0 spiro atoms. The van der Waals surface area contributed by atoms with Crippen molar-refractivity contribution in [3.63, 3.8) is 0 Å². The standard InChI is InChI=1S/C16H17NO3/c1-20-16(19)14-11-8-7-10(9-11)13(14)15(18)17-12-5-3-2-4-6-12/h2-8,10-11,13-14H,9H2,1H3,(H,17,18)/t10-,11-,13-,14+/m0/s1. The summed E-state index contributed by atoms with van der Waals surface area (Å²) in [6.45, 7) is 0. The van der Waals surface area contributed by atoms with E-state index < -0.39 is 0 Å². The average Bonchev–Trinajstić information content (AvgIpc) is 3.08. The molecule has 0 saturated heterocycles. The molecule has 1 saturated carbocycles. The van der Waals surface area contributed by atoms with Gasteiger partial charge in [0.15, 0.2) is 0 Å². The normalized spacial score (nSPS) is 30.2. The maximum Gasteiger partial charge on any atom is 0.310 e. The van der Waals surface area contributed by atoms with Gasteiger partial charge in [0.2, 0.25) is 5.91 Å². The topological polar surface area (TPSA) is 55.4 Å². The lowest BCUT2D eigenvalue weighted by molar-refractivity contribution is -0.150. The highest BCUT2D eigenvalue weighted by Gasteiger charge is 2.52. The Balaban J connectivity index is 1.79. The van der Waals surface area contributed by atoms with E-state index in [0.717, 1.165) is 12.1 Å². The Labute approximate surface area is 117 Å². The van der Waals surface area contributed by atoms with Crippen molar-refractivity contribution in [2.24, 2.45) is 23.7 Å². The molecule has 1 amide bonds. The summed E-state index contributed by atoms with van der Waals surface area (Å²) in [5.74, 6) is -0.762. The Morgan fingerprint density at radius 1 is 1.10 bits per heavy atom. The molecule has 1 aromatic rings. The Kier molecular flexibility index (Phi) is 3.30. The van der Waals surface area contributed by atoms with Crippen molar-refractivity contribution in [1.29, 1.82) is 0 Å². The fourth-order valence-corrected chi connectivity index (χ4v) is 3.38. The summed E-state index contributed by atoms with van der Waals surface area (Å²) in [6.07, 6.45) is 4.96. The second kappa shape index (κ2) is 5.12. The van der Waals surface area contributed by atoms with E-state index >= 15 is 0 Å². The lowest BCUT2D eigenvalue weighted by atomic mass is 9.82. The van der Waals surface area contributed by atoms with Crippen LogP contribution in [-0.2, 0) is 14.3 Å². The van der Waals surface area contributed by atoms with Crippen LogP contribution >= 0.6 is 0 Å². The third kappa shape index (κ3) is 2.11. The molecule has 2 aliphatic rings. The van der Waals surface area contributed by atoms with Crippen LogP contribution in [0.2, 0.25) is 0 Å². The number of nitrogens with one attached hydrogen (secondary N) is 1. The van der Waals surface area contributed by atoms with E-state index in [4.69, 9.17) is 4.74 Å². The summed E-state index contributed by atoms with van der Waals surface area (Å²) >= 11 is 0. The van der Waals surface area contributed by atoms with Crippen molar-refractivity contribution in [2.45, 2.75) is 6.42 Å². The van der Waals surface area contributed by atoms with Crippen LogP contribution in [0, 0.1) is 23.7 Å². The highest BCUT2D eigenvalue weighted by molar-refractivity contribution is 5.96. The molecule has 3 rings (SSSR count). The van der Waals surface area contributed by atoms with Crippen LogP contribution in [0.1, 0.15) is 6.42 Å². The number of ether oxygens (including phenoxy) is 1. The predicted octanol–water partition coefficient (Wildman–Crippen LogP) is 2.24. The third-order valence-corrected chi connectivity index (χ3v) is 4.28. The van der Waals surface area contributed by atoms with Gasteiger partial charge in [0.25, 0.3) is 0 Å². The molecule has 0 aliphatic heterocycles. The first-order valence-corrected chi connectivity index (χ1v) is 6.83. The molecular weight excluding hydrogens is 254 g/mol. The maximum atomic E-state index is 12.5. The van der Waals surface area contributed by atoms with Crippen LogP contribution < -0.4 is 5.32 Å². The summed E-state index contributed by atoms with van der Waals surface area (Å²) in [5.41, 5.74) is 0.757. The first-order valence-electron chi connectivity index (χ1n) is 6.83. The molecule has 0 heterocycles. The number of para-hydroxylation sites is 1. The zero-order chi connectivity index (χ0) is 14.1. The fraction of sp³-hybridized carbons (Fsp3) is 0.375. The van der Waals surface area contributed by atoms with Crippen LogP contribution in [-0.4, -0.2) is 19.0 Å². The largest absolute Gasteiger partial charge is 0.469 e. The fourth-order valence-electron chi connectivity index (χ4n) is 3.38. The van der Waals surface area contributed by atoms with Crippen LogP contribution in [0.25, 0.3) is 0 Å². The number of rotatable bonds is 3. The van der Waals surface area contributed by atoms with Crippen molar-refractivity contribution < 1.29 is 14.3 Å². The van der Waals surface area contributed by atoms with Gasteiger partial charge < -0.3 is 10.1 Å². The average molecular weight is 271 g/mol. The molecule has 0 aromatic heterocycles. The summed E-state index contributed by atoms with van der Waals surface area (Å²) in [5, 5.41) is 2.90. The number of amides is 1. The van der Waals surface area contributed by atoms with E-state index in [1.165, 1.54) is 7.11 Å². The number of benzene rings is 1. The number of fused-ring (bicyclic) bond motifs is 2. The highest BCUT2D eigenvalue weighted by Crippen LogP contribution is 2.48. The van der Waals surface area contributed by atoms with Gasteiger partial charge in [-0.1, -0.05) is 30.4 Å². The number of carbonyl (C=O) groups is 2. The number of carbonyl (C=O) groups excluding carboxylic acids is 2. The van der Waals surface area contributed by atoms with E-state index in [1.807, 2.05) is 36.4 Å². The molecule has 4 heteroatoms. The van der Waals surface area contributed by atoms with E-state index in [1.54, 1.807) is 0 Å². The zero-order valence-electron chi connectivity index (χ0n) is 11.3. The van der Waals surface area contributed by atoms with Crippen molar-refractivity contribution in [1.82, 2.24) is 0 Å². The van der Waals surface area contributed by atoms with Crippen LogP contribution in [0.4, 0.5) is 5.69 Å².